The summed E-state index contributed by atoms with van der Waals surface area (Å²) in [6.45, 7) is 2.00. The van der Waals surface area contributed by atoms with Gasteiger partial charge in [0.15, 0.2) is 0 Å². The Balaban J connectivity index is 1.80. The zero-order chi connectivity index (χ0) is 17.1. The Bertz CT molecular complexity index is 1020. The molecule has 0 atom stereocenters. The van der Waals surface area contributed by atoms with E-state index < -0.39 is 11.2 Å². The van der Waals surface area contributed by atoms with Crippen LogP contribution in [0, 0.1) is 6.92 Å². The van der Waals surface area contributed by atoms with Gasteiger partial charge in [0.05, 0.1) is 10.9 Å². The number of carbonyl (C=O) groups excluding carboxylic acids is 1. The molecule has 0 fully saturated rings. The first-order valence-electron chi connectivity index (χ1n) is 7.50. The van der Waals surface area contributed by atoms with Crippen molar-refractivity contribution in [3.05, 3.63) is 69.0 Å². The minimum Gasteiger partial charge on any atom is -0.311 e. The largest absolute Gasteiger partial charge is 0.328 e. The fourth-order valence-electron chi connectivity index (χ4n) is 2.50. The number of anilines is 1. The number of carbonyl (C=O) groups is 1. The van der Waals surface area contributed by atoms with E-state index in [2.05, 4.69) is 15.3 Å². The van der Waals surface area contributed by atoms with E-state index in [9.17, 15) is 14.4 Å². The molecule has 0 spiro atoms. The summed E-state index contributed by atoms with van der Waals surface area (Å²) >= 11 is 0. The molecule has 0 bridgehead atoms. The average molecular weight is 324 g/mol. The summed E-state index contributed by atoms with van der Waals surface area (Å²) in [5.41, 5.74) is 0.351. The highest BCUT2D eigenvalue weighted by Crippen LogP contribution is 2.08. The molecule has 0 radical (unpaired) electrons. The molecular formula is C17H16N4O3. The van der Waals surface area contributed by atoms with Crippen molar-refractivity contribution in [1.82, 2.24) is 14.5 Å². The topological polar surface area (TPSA) is 96.9 Å². The van der Waals surface area contributed by atoms with E-state index in [1.54, 1.807) is 36.4 Å². The molecule has 0 saturated carbocycles. The lowest BCUT2D eigenvalue weighted by Crippen LogP contribution is -2.31. The fourth-order valence-corrected chi connectivity index (χ4v) is 2.50. The Morgan fingerprint density at radius 1 is 1.17 bits per heavy atom. The highest BCUT2D eigenvalue weighted by atomic mass is 16.2. The van der Waals surface area contributed by atoms with Crippen LogP contribution in [0.2, 0.25) is 0 Å². The second kappa shape index (κ2) is 6.49. The van der Waals surface area contributed by atoms with E-state index in [-0.39, 0.29) is 18.9 Å². The third kappa shape index (κ3) is 3.24. The SMILES string of the molecule is Cc1cccc(NC(=O)CCn2c(=O)[nH]c(=O)c3ccccc32)n1. The van der Waals surface area contributed by atoms with Crippen molar-refractivity contribution in [2.45, 2.75) is 19.9 Å². The molecule has 2 N–H and O–H groups in total. The smallest absolute Gasteiger partial charge is 0.311 e. The Morgan fingerprint density at radius 3 is 2.75 bits per heavy atom. The van der Waals surface area contributed by atoms with E-state index in [1.807, 2.05) is 13.0 Å². The molecule has 7 heteroatoms. The van der Waals surface area contributed by atoms with Crippen molar-refractivity contribution in [2.75, 3.05) is 5.32 Å². The highest BCUT2D eigenvalue weighted by Gasteiger charge is 2.09. The molecular weight excluding hydrogens is 308 g/mol. The molecule has 24 heavy (non-hydrogen) atoms. The lowest BCUT2D eigenvalue weighted by molar-refractivity contribution is -0.116. The molecule has 3 rings (SSSR count). The summed E-state index contributed by atoms with van der Waals surface area (Å²) in [6, 6.07) is 12.1. The van der Waals surface area contributed by atoms with Crippen LogP contribution in [0.25, 0.3) is 10.9 Å². The van der Waals surface area contributed by atoms with Crippen molar-refractivity contribution in [3.63, 3.8) is 0 Å². The first-order chi connectivity index (χ1) is 11.5. The lowest BCUT2D eigenvalue weighted by Gasteiger charge is -2.09. The number of aromatic amines is 1. The summed E-state index contributed by atoms with van der Waals surface area (Å²) in [4.78, 5) is 42.4. The number of aryl methyl sites for hydroxylation is 2. The maximum atomic E-state index is 12.1. The molecule has 0 aliphatic rings. The number of benzene rings is 1. The van der Waals surface area contributed by atoms with Gasteiger partial charge >= 0.3 is 5.69 Å². The minimum absolute atomic E-state index is 0.0889. The van der Waals surface area contributed by atoms with Gasteiger partial charge in [0.1, 0.15) is 5.82 Å². The Labute approximate surface area is 137 Å². The molecule has 1 aromatic carbocycles. The molecule has 0 unspecified atom stereocenters. The summed E-state index contributed by atoms with van der Waals surface area (Å²) in [6.07, 6.45) is 0.0889. The molecule has 0 aliphatic heterocycles. The third-order valence-corrected chi connectivity index (χ3v) is 3.62. The van der Waals surface area contributed by atoms with Crippen molar-refractivity contribution in [1.29, 1.82) is 0 Å². The number of amides is 1. The van der Waals surface area contributed by atoms with Crippen molar-refractivity contribution < 1.29 is 4.79 Å². The Morgan fingerprint density at radius 2 is 1.96 bits per heavy atom. The summed E-state index contributed by atoms with van der Waals surface area (Å²) in [5.74, 6) is 0.217. The van der Waals surface area contributed by atoms with Crippen LogP contribution in [0.4, 0.5) is 5.82 Å². The number of hydrogen-bond donors (Lipinski definition) is 2. The van der Waals surface area contributed by atoms with Crippen LogP contribution in [-0.2, 0) is 11.3 Å². The van der Waals surface area contributed by atoms with E-state index in [0.29, 0.717) is 16.7 Å². The van der Waals surface area contributed by atoms with E-state index >= 15 is 0 Å². The molecule has 122 valence electrons. The summed E-state index contributed by atoms with van der Waals surface area (Å²) < 4.78 is 1.39. The van der Waals surface area contributed by atoms with Gasteiger partial charge in [0, 0.05) is 18.7 Å². The monoisotopic (exact) mass is 324 g/mol. The molecule has 0 aliphatic carbocycles. The van der Waals surface area contributed by atoms with Crippen LogP contribution in [0.5, 0.6) is 0 Å². The zero-order valence-electron chi connectivity index (χ0n) is 13.1. The molecule has 1 amide bonds. The molecule has 2 heterocycles. The number of para-hydroxylation sites is 1. The molecule has 7 nitrogen and oxygen atoms in total. The van der Waals surface area contributed by atoms with Gasteiger partial charge in [-0.1, -0.05) is 18.2 Å². The molecule has 2 aromatic heterocycles. The molecule has 0 saturated heterocycles. The van der Waals surface area contributed by atoms with Gasteiger partial charge in [-0.2, -0.15) is 0 Å². The second-order valence-electron chi connectivity index (χ2n) is 5.39. The number of aromatic nitrogens is 3. The first-order valence-corrected chi connectivity index (χ1v) is 7.50. The van der Waals surface area contributed by atoms with Gasteiger partial charge in [0.2, 0.25) is 5.91 Å². The van der Waals surface area contributed by atoms with Gasteiger partial charge in [-0.3, -0.25) is 19.1 Å². The number of rotatable bonds is 4. The second-order valence-corrected chi connectivity index (χ2v) is 5.39. The third-order valence-electron chi connectivity index (χ3n) is 3.62. The lowest BCUT2D eigenvalue weighted by atomic mass is 10.2. The fraction of sp³-hybridized carbons (Fsp3) is 0.176. The van der Waals surface area contributed by atoms with Crippen molar-refractivity contribution >= 4 is 22.6 Å². The van der Waals surface area contributed by atoms with E-state index in [0.717, 1.165) is 5.69 Å². The van der Waals surface area contributed by atoms with Crippen LogP contribution >= 0.6 is 0 Å². The van der Waals surface area contributed by atoms with Crippen LogP contribution in [0.3, 0.4) is 0 Å². The standard InChI is InChI=1S/C17H16N4O3/c1-11-5-4-8-14(18-11)19-15(22)9-10-21-13-7-3-2-6-12(13)16(23)20-17(21)24/h2-8H,9-10H2,1H3,(H,18,19,22)(H,20,23,24). The summed E-state index contributed by atoms with van der Waals surface area (Å²) in [5, 5.41) is 3.11. The van der Waals surface area contributed by atoms with Gasteiger partial charge in [-0.05, 0) is 31.2 Å². The highest BCUT2D eigenvalue weighted by molar-refractivity contribution is 5.89. The minimum atomic E-state index is -0.528. The maximum Gasteiger partial charge on any atom is 0.328 e. The number of fused-ring (bicyclic) bond motifs is 1. The zero-order valence-corrected chi connectivity index (χ0v) is 13.1. The Kier molecular flexibility index (Phi) is 4.24. The maximum absolute atomic E-state index is 12.1. The van der Waals surface area contributed by atoms with E-state index in [1.165, 1.54) is 4.57 Å². The number of nitrogens with one attached hydrogen (secondary N) is 2. The van der Waals surface area contributed by atoms with Gasteiger partial charge in [-0.15, -0.1) is 0 Å². The van der Waals surface area contributed by atoms with Gasteiger partial charge < -0.3 is 5.32 Å². The molecule has 3 aromatic rings. The van der Waals surface area contributed by atoms with Gasteiger partial charge in [-0.25, -0.2) is 9.78 Å². The predicted octanol–water partition coefficient (Wildman–Crippen LogP) is 1.42. The van der Waals surface area contributed by atoms with Crippen LogP contribution < -0.4 is 16.6 Å². The quantitative estimate of drug-likeness (QED) is 0.758. The van der Waals surface area contributed by atoms with Crippen LogP contribution in [-0.4, -0.2) is 20.4 Å². The number of nitrogens with zero attached hydrogens (tertiary/aromatic N) is 2. The first kappa shape index (κ1) is 15.7. The number of H-pyrrole nitrogens is 1. The normalized spacial score (nSPS) is 10.7. The van der Waals surface area contributed by atoms with E-state index in [4.69, 9.17) is 0 Å². The summed E-state index contributed by atoms with van der Waals surface area (Å²) in [7, 11) is 0. The number of hydrogen-bond acceptors (Lipinski definition) is 4. The Hall–Kier alpha value is -3.22. The number of pyridine rings is 1. The van der Waals surface area contributed by atoms with Crippen molar-refractivity contribution in [3.8, 4) is 0 Å². The average Bonchev–Trinajstić information content (AvgIpc) is 2.54. The van der Waals surface area contributed by atoms with Crippen LogP contribution in [0.1, 0.15) is 12.1 Å². The van der Waals surface area contributed by atoms with Crippen molar-refractivity contribution in [2.24, 2.45) is 0 Å². The van der Waals surface area contributed by atoms with Crippen LogP contribution in [0.15, 0.2) is 52.1 Å². The van der Waals surface area contributed by atoms with Gasteiger partial charge in [0.25, 0.3) is 5.56 Å². The predicted molar refractivity (Wildman–Crippen MR) is 91.0 cm³/mol.